The number of nitrogens with zero attached hydrogens (tertiary/aromatic N) is 4. The van der Waals surface area contributed by atoms with Crippen molar-refractivity contribution in [3.05, 3.63) is 59.9 Å². The van der Waals surface area contributed by atoms with E-state index in [9.17, 15) is 9.59 Å². The highest BCUT2D eigenvalue weighted by Gasteiger charge is 2.34. The van der Waals surface area contributed by atoms with Crippen LogP contribution in [0.5, 0.6) is 0 Å². The van der Waals surface area contributed by atoms with Crippen molar-refractivity contribution in [3.8, 4) is 0 Å². The predicted octanol–water partition coefficient (Wildman–Crippen LogP) is 3.07. The maximum atomic E-state index is 12.8. The summed E-state index contributed by atoms with van der Waals surface area (Å²) < 4.78 is 0.805. The molecule has 1 aliphatic heterocycles. The van der Waals surface area contributed by atoms with Crippen molar-refractivity contribution in [2.24, 2.45) is 5.92 Å². The van der Waals surface area contributed by atoms with Gasteiger partial charge in [0.1, 0.15) is 5.51 Å². The number of pyridine rings is 1. The van der Waals surface area contributed by atoms with E-state index in [0.717, 1.165) is 14.9 Å². The van der Waals surface area contributed by atoms with Crippen molar-refractivity contribution in [2.45, 2.75) is 22.2 Å². The number of hydrogen-bond acceptors (Lipinski definition) is 7. The lowest BCUT2D eigenvalue weighted by molar-refractivity contribution is -0.128. The minimum atomic E-state index is -0.379. The van der Waals surface area contributed by atoms with E-state index in [2.05, 4.69) is 20.5 Å². The topological polar surface area (TPSA) is 88.1 Å². The highest BCUT2D eigenvalue weighted by Crippen LogP contribution is 2.34. The third kappa shape index (κ3) is 4.37. The van der Waals surface area contributed by atoms with Gasteiger partial charge in [0.2, 0.25) is 11.8 Å². The van der Waals surface area contributed by atoms with Crippen molar-refractivity contribution < 1.29 is 9.59 Å². The van der Waals surface area contributed by atoms with Gasteiger partial charge in [-0.15, -0.1) is 10.2 Å². The van der Waals surface area contributed by atoms with E-state index < -0.39 is 0 Å². The normalized spacial score (nSPS) is 16.4. The zero-order chi connectivity index (χ0) is 19.3. The van der Waals surface area contributed by atoms with E-state index in [0.29, 0.717) is 18.8 Å². The molecule has 2 amide bonds. The number of anilines is 1. The monoisotopic (exact) mass is 411 g/mol. The number of nitrogens with one attached hydrogen (secondary N) is 1. The van der Waals surface area contributed by atoms with Crippen molar-refractivity contribution in [1.82, 2.24) is 20.1 Å². The Labute approximate surface area is 170 Å². The maximum absolute atomic E-state index is 12.8. The fourth-order valence-electron chi connectivity index (χ4n) is 2.98. The standard InChI is InChI=1S/C19H17N5O2S2/c25-17-9-13(10-24(17)11-14-5-3-4-8-20-14)18(26)22-15-6-1-2-7-16(15)28-19-23-21-12-27-19/h1-8,12-13H,9-11H2,(H,22,26). The third-order valence-corrected chi connectivity index (χ3v) is 6.20. The van der Waals surface area contributed by atoms with Crippen LogP contribution in [0.3, 0.4) is 0 Å². The number of benzene rings is 1. The van der Waals surface area contributed by atoms with E-state index in [4.69, 9.17) is 0 Å². The zero-order valence-electron chi connectivity index (χ0n) is 14.8. The molecular weight excluding hydrogens is 394 g/mol. The molecule has 1 fully saturated rings. The average Bonchev–Trinajstić information content (AvgIpc) is 3.34. The van der Waals surface area contributed by atoms with Crippen LogP contribution in [0.2, 0.25) is 0 Å². The number of para-hydroxylation sites is 1. The van der Waals surface area contributed by atoms with Gasteiger partial charge in [-0.05, 0) is 24.3 Å². The molecule has 1 aromatic carbocycles. The van der Waals surface area contributed by atoms with Crippen LogP contribution < -0.4 is 5.32 Å². The van der Waals surface area contributed by atoms with Crippen molar-refractivity contribution in [1.29, 1.82) is 0 Å². The Bertz CT molecular complexity index is 965. The molecule has 1 unspecified atom stereocenters. The predicted molar refractivity (Wildman–Crippen MR) is 107 cm³/mol. The first-order valence-electron chi connectivity index (χ1n) is 8.70. The number of likely N-dealkylation sites (tertiary alicyclic amines) is 1. The second-order valence-electron chi connectivity index (χ2n) is 6.29. The molecule has 0 aliphatic carbocycles. The molecule has 1 saturated heterocycles. The molecule has 2 aromatic heterocycles. The van der Waals surface area contributed by atoms with Gasteiger partial charge >= 0.3 is 0 Å². The van der Waals surface area contributed by atoms with Crippen molar-refractivity contribution in [3.63, 3.8) is 0 Å². The lowest BCUT2D eigenvalue weighted by Crippen LogP contribution is -2.28. The van der Waals surface area contributed by atoms with E-state index in [1.807, 2.05) is 42.5 Å². The van der Waals surface area contributed by atoms with Crippen LogP contribution in [0.15, 0.2) is 63.4 Å². The molecule has 0 saturated carbocycles. The molecule has 3 aromatic rings. The van der Waals surface area contributed by atoms with Gasteiger partial charge in [0.15, 0.2) is 4.34 Å². The van der Waals surface area contributed by atoms with Crippen LogP contribution in [-0.2, 0) is 16.1 Å². The second-order valence-corrected chi connectivity index (χ2v) is 8.41. The van der Waals surface area contributed by atoms with Crippen LogP contribution >= 0.6 is 23.1 Å². The molecular formula is C19H17N5O2S2. The number of rotatable bonds is 6. The van der Waals surface area contributed by atoms with Crippen LogP contribution in [0, 0.1) is 5.92 Å². The quantitative estimate of drug-likeness (QED) is 0.671. The van der Waals surface area contributed by atoms with Gasteiger partial charge in [0.05, 0.1) is 23.8 Å². The first-order valence-corrected chi connectivity index (χ1v) is 10.4. The molecule has 142 valence electrons. The molecule has 0 spiro atoms. The summed E-state index contributed by atoms with van der Waals surface area (Å²) in [6, 6.07) is 13.2. The summed E-state index contributed by atoms with van der Waals surface area (Å²) in [5, 5.41) is 10.8. The summed E-state index contributed by atoms with van der Waals surface area (Å²) in [5.74, 6) is -0.555. The summed E-state index contributed by atoms with van der Waals surface area (Å²) >= 11 is 2.90. The Morgan fingerprint density at radius 1 is 1.25 bits per heavy atom. The number of carbonyl (C=O) groups is 2. The highest BCUT2D eigenvalue weighted by atomic mass is 32.2. The maximum Gasteiger partial charge on any atom is 0.229 e. The fourth-order valence-corrected chi connectivity index (χ4v) is 4.50. The lowest BCUT2D eigenvalue weighted by Gasteiger charge is -2.16. The van der Waals surface area contributed by atoms with Crippen LogP contribution in [0.4, 0.5) is 5.69 Å². The minimum Gasteiger partial charge on any atom is -0.336 e. The SMILES string of the molecule is O=C(Nc1ccccc1Sc1nncs1)C1CC(=O)N(Cc2ccccn2)C1. The Balaban J connectivity index is 1.41. The molecule has 9 heteroatoms. The zero-order valence-corrected chi connectivity index (χ0v) is 16.4. The molecule has 0 bridgehead atoms. The Hall–Kier alpha value is -2.78. The number of aromatic nitrogens is 3. The van der Waals surface area contributed by atoms with Crippen LogP contribution in [-0.4, -0.2) is 38.4 Å². The van der Waals surface area contributed by atoms with Gasteiger partial charge in [0.25, 0.3) is 0 Å². The molecule has 1 atom stereocenters. The van der Waals surface area contributed by atoms with Gasteiger partial charge in [-0.3, -0.25) is 14.6 Å². The van der Waals surface area contributed by atoms with Gasteiger partial charge in [-0.25, -0.2) is 0 Å². The molecule has 3 heterocycles. The average molecular weight is 412 g/mol. The van der Waals surface area contributed by atoms with Gasteiger partial charge < -0.3 is 10.2 Å². The highest BCUT2D eigenvalue weighted by molar-refractivity contribution is 8.01. The Kier molecular flexibility index (Phi) is 5.63. The van der Waals surface area contributed by atoms with Crippen LogP contribution in [0.1, 0.15) is 12.1 Å². The Morgan fingerprint density at radius 2 is 2.11 bits per heavy atom. The summed E-state index contributed by atoms with van der Waals surface area (Å²) in [6.07, 6.45) is 1.91. The molecule has 1 aliphatic rings. The molecule has 0 radical (unpaired) electrons. The number of amides is 2. The summed E-state index contributed by atoms with van der Waals surface area (Å²) in [4.78, 5) is 31.9. The lowest BCUT2D eigenvalue weighted by atomic mass is 10.1. The van der Waals surface area contributed by atoms with Gasteiger partial charge in [-0.2, -0.15) is 0 Å². The van der Waals surface area contributed by atoms with Crippen molar-refractivity contribution >= 4 is 40.6 Å². The smallest absolute Gasteiger partial charge is 0.229 e. The summed E-state index contributed by atoms with van der Waals surface area (Å²) in [5.41, 5.74) is 3.20. The third-order valence-electron chi connectivity index (χ3n) is 4.35. The molecule has 1 N–H and O–H groups in total. The second kappa shape index (κ2) is 8.49. The first kappa shape index (κ1) is 18.6. The van der Waals surface area contributed by atoms with E-state index in [-0.39, 0.29) is 24.2 Å². The molecule has 7 nitrogen and oxygen atoms in total. The van der Waals surface area contributed by atoms with E-state index in [1.165, 1.54) is 23.1 Å². The summed E-state index contributed by atoms with van der Waals surface area (Å²) in [7, 11) is 0. The Morgan fingerprint density at radius 3 is 2.89 bits per heavy atom. The fraction of sp³-hybridized carbons (Fsp3) is 0.211. The summed E-state index contributed by atoms with van der Waals surface area (Å²) in [6.45, 7) is 0.819. The van der Waals surface area contributed by atoms with E-state index >= 15 is 0 Å². The largest absolute Gasteiger partial charge is 0.336 e. The first-order chi connectivity index (χ1) is 13.7. The number of carbonyl (C=O) groups excluding carboxylic acids is 2. The number of hydrogen-bond donors (Lipinski definition) is 1. The van der Waals surface area contributed by atoms with Gasteiger partial charge in [-0.1, -0.05) is 41.3 Å². The molecule has 4 rings (SSSR count). The van der Waals surface area contributed by atoms with Crippen molar-refractivity contribution in [2.75, 3.05) is 11.9 Å². The van der Waals surface area contributed by atoms with Gasteiger partial charge in [0, 0.05) is 24.1 Å². The van der Waals surface area contributed by atoms with E-state index in [1.54, 1.807) is 16.6 Å². The molecule has 28 heavy (non-hydrogen) atoms. The van der Waals surface area contributed by atoms with Crippen LogP contribution in [0.25, 0.3) is 0 Å². The minimum absolute atomic E-state index is 0.0256.